The van der Waals surface area contributed by atoms with E-state index in [1.807, 2.05) is 18.4 Å². The summed E-state index contributed by atoms with van der Waals surface area (Å²) in [7, 11) is 0. The Labute approximate surface area is 78.4 Å². The van der Waals surface area contributed by atoms with Crippen LogP contribution in [0.3, 0.4) is 0 Å². The highest BCUT2D eigenvalue weighted by Gasteiger charge is 2.18. The molecular weight excluding hydrogens is 166 g/mol. The van der Waals surface area contributed by atoms with Crippen molar-refractivity contribution in [2.75, 3.05) is 0 Å². The van der Waals surface area contributed by atoms with Crippen LogP contribution in [0.4, 0.5) is 0 Å². The molecule has 74 valence electrons. The summed E-state index contributed by atoms with van der Waals surface area (Å²) >= 11 is 0. The van der Waals surface area contributed by atoms with Gasteiger partial charge >= 0.3 is 0 Å². The van der Waals surface area contributed by atoms with Gasteiger partial charge in [0.1, 0.15) is 6.10 Å². The zero-order valence-corrected chi connectivity index (χ0v) is 8.14. The number of aromatic nitrogens is 2. The van der Waals surface area contributed by atoms with Crippen LogP contribution >= 0.6 is 0 Å². The summed E-state index contributed by atoms with van der Waals surface area (Å²) in [6.45, 7) is 4.78. The smallest absolute Gasteiger partial charge is 0.111 e. The van der Waals surface area contributed by atoms with Gasteiger partial charge in [-0.05, 0) is 13.3 Å². The zero-order chi connectivity index (χ0) is 9.84. The molecule has 3 N–H and O–H groups in total. The Bertz CT molecular complexity index is 259. The van der Waals surface area contributed by atoms with Gasteiger partial charge in [0.25, 0.3) is 0 Å². The van der Waals surface area contributed by atoms with Crippen LogP contribution in [-0.4, -0.2) is 20.7 Å². The number of aliphatic hydroxyl groups excluding tert-OH is 1. The molecule has 2 unspecified atom stereocenters. The van der Waals surface area contributed by atoms with Gasteiger partial charge in [0, 0.05) is 12.6 Å². The molecule has 4 heteroatoms. The molecule has 0 aliphatic rings. The van der Waals surface area contributed by atoms with E-state index < -0.39 is 6.10 Å². The van der Waals surface area contributed by atoms with Crippen molar-refractivity contribution in [1.29, 1.82) is 0 Å². The second-order valence-electron chi connectivity index (χ2n) is 3.12. The van der Waals surface area contributed by atoms with Crippen molar-refractivity contribution in [3.8, 4) is 0 Å². The fourth-order valence-electron chi connectivity index (χ4n) is 1.28. The third kappa shape index (κ3) is 2.08. The highest BCUT2D eigenvalue weighted by atomic mass is 16.3. The normalized spacial score (nSPS) is 15.7. The van der Waals surface area contributed by atoms with Crippen LogP contribution in [0, 0.1) is 0 Å². The first-order valence-corrected chi connectivity index (χ1v) is 4.64. The predicted molar refractivity (Wildman–Crippen MR) is 51.1 cm³/mol. The lowest BCUT2D eigenvalue weighted by Gasteiger charge is -2.18. The van der Waals surface area contributed by atoms with Crippen molar-refractivity contribution in [3.05, 3.63) is 18.2 Å². The molecule has 0 aromatic carbocycles. The molecule has 0 bridgehead atoms. The summed E-state index contributed by atoms with van der Waals surface area (Å²) in [5.74, 6) is 0. The summed E-state index contributed by atoms with van der Waals surface area (Å²) in [6, 6.07) is -0.206. The Balaban J connectivity index is 2.81. The summed E-state index contributed by atoms with van der Waals surface area (Å²) < 4.78 is 1.90. The Hall–Kier alpha value is -0.870. The lowest BCUT2D eigenvalue weighted by molar-refractivity contribution is 0.136. The molecule has 4 nitrogen and oxygen atoms in total. The van der Waals surface area contributed by atoms with Crippen molar-refractivity contribution in [1.82, 2.24) is 9.55 Å². The Morgan fingerprint density at radius 2 is 2.31 bits per heavy atom. The average Bonchev–Trinajstić information content (AvgIpc) is 2.62. The molecule has 0 fully saturated rings. The molecular formula is C9H17N3O. The second-order valence-corrected chi connectivity index (χ2v) is 3.12. The maximum Gasteiger partial charge on any atom is 0.111 e. The van der Waals surface area contributed by atoms with Crippen LogP contribution in [0.1, 0.15) is 32.1 Å². The van der Waals surface area contributed by atoms with Gasteiger partial charge in [0.05, 0.1) is 18.2 Å². The summed E-state index contributed by atoms with van der Waals surface area (Å²) in [4.78, 5) is 3.98. The van der Waals surface area contributed by atoms with Gasteiger partial charge in [-0.25, -0.2) is 4.98 Å². The van der Waals surface area contributed by atoms with Crippen LogP contribution in [0.2, 0.25) is 0 Å². The summed E-state index contributed by atoms with van der Waals surface area (Å²) in [5.41, 5.74) is 6.54. The van der Waals surface area contributed by atoms with Crippen molar-refractivity contribution >= 4 is 0 Å². The van der Waals surface area contributed by atoms with Crippen LogP contribution < -0.4 is 5.73 Å². The van der Waals surface area contributed by atoms with Crippen molar-refractivity contribution < 1.29 is 5.11 Å². The molecule has 1 aromatic rings. The van der Waals surface area contributed by atoms with E-state index in [1.165, 1.54) is 0 Å². The number of rotatable bonds is 4. The molecule has 1 rings (SSSR count). The Kier molecular flexibility index (Phi) is 3.45. The quantitative estimate of drug-likeness (QED) is 0.721. The SMILES string of the molecule is CCC(N)C(O)c1cncn1CC. The Morgan fingerprint density at radius 1 is 1.62 bits per heavy atom. The third-order valence-electron chi connectivity index (χ3n) is 2.27. The van der Waals surface area contributed by atoms with Gasteiger partial charge in [-0.1, -0.05) is 6.92 Å². The lowest BCUT2D eigenvalue weighted by Crippen LogP contribution is -2.28. The molecule has 1 heterocycles. The van der Waals surface area contributed by atoms with Gasteiger partial charge < -0.3 is 15.4 Å². The van der Waals surface area contributed by atoms with Gasteiger partial charge in [0.15, 0.2) is 0 Å². The lowest BCUT2D eigenvalue weighted by atomic mass is 10.1. The zero-order valence-electron chi connectivity index (χ0n) is 8.14. The maximum atomic E-state index is 9.80. The van der Waals surface area contributed by atoms with Crippen LogP contribution in [0.25, 0.3) is 0 Å². The average molecular weight is 183 g/mol. The maximum absolute atomic E-state index is 9.80. The topological polar surface area (TPSA) is 64.1 Å². The molecule has 1 aromatic heterocycles. The summed E-state index contributed by atoms with van der Waals surface area (Å²) in [6.07, 6.45) is 3.54. The minimum atomic E-state index is -0.604. The monoisotopic (exact) mass is 183 g/mol. The number of nitrogens with zero attached hydrogens (tertiary/aromatic N) is 2. The van der Waals surface area contributed by atoms with Gasteiger partial charge in [-0.3, -0.25) is 0 Å². The van der Waals surface area contributed by atoms with E-state index in [1.54, 1.807) is 12.5 Å². The fraction of sp³-hybridized carbons (Fsp3) is 0.667. The van der Waals surface area contributed by atoms with Crippen LogP contribution in [0.5, 0.6) is 0 Å². The van der Waals surface area contributed by atoms with Gasteiger partial charge in [-0.15, -0.1) is 0 Å². The minimum Gasteiger partial charge on any atom is -0.385 e. The number of hydrogen-bond acceptors (Lipinski definition) is 3. The van der Waals surface area contributed by atoms with E-state index in [-0.39, 0.29) is 6.04 Å². The van der Waals surface area contributed by atoms with E-state index in [0.717, 1.165) is 18.7 Å². The molecule has 0 aliphatic carbocycles. The number of hydrogen-bond donors (Lipinski definition) is 2. The number of nitrogens with two attached hydrogens (primary N) is 1. The number of aryl methyl sites for hydroxylation is 1. The molecule has 13 heavy (non-hydrogen) atoms. The first-order valence-electron chi connectivity index (χ1n) is 4.64. The van der Waals surface area contributed by atoms with Crippen molar-refractivity contribution in [3.63, 3.8) is 0 Å². The van der Waals surface area contributed by atoms with Gasteiger partial charge in [-0.2, -0.15) is 0 Å². The minimum absolute atomic E-state index is 0.206. The van der Waals surface area contributed by atoms with E-state index in [2.05, 4.69) is 4.98 Å². The van der Waals surface area contributed by atoms with Gasteiger partial charge in [0.2, 0.25) is 0 Å². The molecule has 0 amide bonds. The Morgan fingerprint density at radius 3 is 2.85 bits per heavy atom. The molecule has 0 saturated heterocycles. The van der Waals surface area contributed by atoms with E-state index in [9.17, 15) is 5.11 Å². The molecule has 0 radical (unpaired) electrons. The molecule has 2 atom stereocenters. The molecule has 0 spiro atoms. The van der Waals surface area contributed by atoms with E-state index in [0.29, 0.717) is 0 Å². The van der Waals surface area contributed by atoms with Crippen LogP contribution in [0.15, 0.2) is 12.5 Å². The highest BCUT2D eigenvalue weighted by molar-refractivity contribution is 5.05. The van der Waals surface area contributed by atoms with Crippen LogP contribution in [-0.2, 0) is 6.54 Å². The van der Waals surface area contributed by atoms with E-state index >= 15 is 0 Å². The molecule has 0 saturated carbocycles. The second kappa shape index (κ2) is 4.39. The first kappa shape index (κ1) is 10.2. The standard InChI is InChI=1S/C9H17N3O/c1-3-7(10)9(13)8-5-11-6-12(8)4-2/h5-7,9,13H,3-4,10H2,1-2H3. The largest absolute Gasteiger partial charge is 0.385 e. The van der Waals surface area contributed by atoms with E-state index in [4.69, 9.17) is 5.73 Å². The molecule has 0 aliphatic heterocycles. The number of aliphatic hydroxyl groups is 1. The van der Waals surface area contributed by atoms with Crippen molar-refractivity contribution in [2.45, 2.75) is 39.0 Å². The highest BCUT2D eigenvalue weighted by Crippen LogP contribution is 2.16. The third-order valence-corrected chi connectivity index (χ3v) is 2.27. The van der Waals surface area contributed by atoms with Crippen molar-refractivity contribution in [2.24, 2.45) is 5.73 Å². The summed E-state index contributed by atoms with van der Waals surface area (Å²) in [5, 5.41) is 9.80. The first-order chi connectivity index (χ1) is 6.20. The number of imidazole rings is 1. The predicted octanol–water partition coefficient (Wildman–Crippen LogP) is 0.674. The fourth-order valence-corrected chi connectivity index (χ4v) is 1.28.